The predicted molar refractivity (Wildman–Crippen MR) is 88.8 cm³/mol. The van der Waals surface area contributed by atoms with Crippen molar-refractivity contribution in [1.29, 1.82) is 0 Å². The van der Waals surface area contributed by atoms with Crippen molar-refractivity contribution in [1.82, 2.24) is 0 Å². The van der Waals surface area contributed by atoms with Gasteiger partial charge in [-0.3, -0.25) is 14.4 Å². The molecule has 3 fully saturated rings. The maximum Gasteiger partial charge on any atom is 0.306 e. The maximum atomic E-state index is 10.4. The summed E-state index contributed by atoms with van der Waals surface area (Å²) in [5.74, 6) is -1.88. The lowest BCUT2D eigenvalue weighted by Crippen LogP contribution is -2.20. The van der Waals surface area contributed by atoms with Crippen LogP contribution in [-0.4, -0.2) is 33.2 Å². The van der Waals surface area contributed by atoms with Crippen LogP contribution in [0, 0.1) is 17.8 Å². The van der Waals surface area contributed by atoms with E-state index in [1.54, 1.807) is 0 Å². The van der Waals surface area contributed by atoms with Crippen molar-refractivity contribution in [2.24, 2.45) is 17.8 Å². The van der Waals surface area contributed by atoms with E-state index in [1.807, 2.05) is 0 Å². The molecule has 138 valence electrons. The molecule has 3 aliphatic rings. The molecule has 0 aromatic rings. The molecular formula is C18H30O6. The summed E-state index contributed by atoms with van der Waals surface area (Å²) in [6.45, 7) is 0. The summed E-state index contributed by atoms with van der Waals surface area (Å²) < 4.78 is 0. The number of carboxylic acids is 3. The van der Waals surface area contributed by atoms with Crippen molar-refractivity contribution in [2.45, 2.75) is 77.0 Å². The Kier molecular flexibility index (Phi) is 9.42. The number of hydrogen-bond donors (Lipinski definition) is 3. The Hall–Kier alpha value is -1.59. The molecular weight excluding hydrogens is 312 g/mol. The molecule has 24 heavy (non-hydrogen) atoms. The van der Waals surface area contributed by atoms with Gasteiger partial charge in [-0.25, -0.2) is 0 Å². The summed E-state index contributed by atoms with van der Waals surface area (Å²) in [6.07, 6.45) is 12.2. The van der Waals surface area contributed by atoms with Gasteiger partial charge in [-0.05, 0) is 38.5 Å². The molecule has 3 aliphatic carbocycles. The third-order valence-corrected chi connectivity index (χ3v) is 5.11. The quantitative estimate of drug-likeness (QED) is 0.719. The molecule has 0 aliphatic heterocycles. The molecule has 0 radical (unpaired) electrons. The molecule has 0 heterocycles. The second-order valence-corrected chi connectivity index (χ2v) is 6.96. The molecule has 0 spiro atoms. The first kappa shape index (κ1) is 20.5. The van der Waals surface area contributed by atoms with Gasteiger partial charge in [0.05, 0.1) is 17.8 Å². The lowest BCUT2D eigenvalue weighted by molar-refractivity contribution is -0.144. The Morgan fingerprint density at radius 1 is 0.458 bits per heavy atom. The van der Waals surface area contributed by atoms with E-state index < -0.39 is 17.9 Å². The number of rotatable bonds is 3. The minimum atomic E-state index is -0.619. The first-order valence-electron chi connectivity index (χ1n) is 9.10. The van der Waals surface area contributed by atoms with Crippen molar-refractivity contribution < 1.29 is 29.7 Å². The van der Waals surface area contributed by atoms with Gasteiger partial charge >= 0.3 is 17.9 Å². The van der Waals surface area contributed by atoms with Gasteiger partial charge in [-0.15, -0.1) is 0 Å². The highest BCUT2D eigenvalue weighted by Gasteiger charge is 2.24. The van der Waals surface area contributed by atoms with E-state index in [4.69, 9.17) is 15.3 Å². The van der Waals surface area contributed by atoms with E-state index in [0.717, 1.165) is 70.6 Å². The summed E-state index contributed by atoms with van der Waals surface area (Å²) in [5, 5.41) is 25.2. The van der Waals surface area contributed by atoms with Crippen molar-refractivity contribution in [3.05, 3.63) is 0 Å². The zero-order valence-electron chi connectivity index (χ0n) is 14.3. The average Bonchev–Trinajstić information content (AvgIpc) is 3.01. The molecule has 6 nitrogen and oxygen atoms in total. The zero-order chi connectivity index (χ0) is 17.9. The van der Waals surface area contributed by atoms with Crippen LogP contribution in [0.3, 0.4) is 0 Å². The largest absolute Gasteiger partial charge is 0.481 e. The second-order valence-electron chi connectivity index (χ2n) is 6.96. The average molecular weight is 342 g/mol. The first-order chi connectivity index (χ1) is 11.4. The number of carbonyl (C=O) groups is 3. The molecule has 0 unspecified atom stereocenters. The van der Waals surface area contributed by atoms with Crippen molar-refractivity contribution in [2.75, 3.05) is 0 Å². The number of hydrogen-bond acceptors (Lipinski definition) is 3. The number of carboxylic acid groups (broad SMARTS) is 3. The summed E-state index contributed by atoms with van der Waals surface area (Å²) in [5.41, 5.74) is 0. The van der Waals surface area contributed by atoms with E-state index in [1.165, 1.54) is 6.42 Å². The van der Waals surface area contributed by atoms with Gasteiger partial charge in [0, 0.05) is 0 Å². The van der Waals surface area contributed by atoms with Crippen LogP contribution < -0.4 is 0 Å². The third kappa shape index (κ3) is 7.79. The molecule has 0 bridgehead atoms. The molecule has 3 N–H and O–H groups in total. The Balaban J connectivity index is 0.000000181. The lowest BCUT2D eigenvalue weighted by Gasteiger charge is -2.19. The van der Waals surface area contributed by atoms with E-state index in [9.17, 15) is 14.4 Å². The molecule has 0 aromatic carbocycles. The van der Waals surface area contributed by atoms with Crippen LogP contribution in [0.2, 0.25) is 0 Å². The van der Waals surface area contributed by atoms with Gasteiger partial charge < -0.3 is 15.3 Å². The van der Waals surface area contributed by atoms with Crippen LogP contribution in [0.15, 0.2) is 0 Å². The number of aliphatic carboxylic acids is 3. The lowest BCUT2D eigenvalue weighted by atomic mass is 9.86. The van der Waals surface area contributed by atoms with Gasteiger partial charge in [-0.1, -0.05) is 38.5 Å². The normalized spacial score (nSPS) is 21.5. The Labute approximate surface area is 143 Å². The maximum absolute atomic E-state index is 10.4. The van der Waals surface area contributed by atoms with Crippen molar-refractivity contribution in [3.63, 3.8) is 0 Å². The molecule has 3 rings (SSSR count). The molecule has 0 saturated heterocycles. The fourth-order valence-corrected chi connectivity index (χ4v) is 3.18. The van der Waals surface area contributed by atoms with Gasteiger partial charge in [-0.2, -0.15) is 0 Å². The smallest absolute Gasteiger partial charge is 0.306 e. The van der Waals surface area contributed by atoms with Gasteiger partial charge in [0.25, 0.3) is 0 Å². The van der Waals surface area contributed by atoms with Crippen LogP contribution in [0.5, 0.6) is 0 Å². The standard InChI is InChI=1S/C7H12O2.C6H10O2.C5H8O2/c8-7(9)6-4-2-1-3-5-6;7-6(8)5-3-1-2-4-5;6-5(7)4-2-1-3-4/h6H,1-5H2,(H,8,9);5H,1-4H2,(H,7,8);4H,1-3H2,(H,6,7). The Morgan fingerprint density at radius 2 is 0.708 bits per heavy atom. The minimum absolute atomic E-state index is 0.000000000000000444. The van der Waals surface area contributed by atoms with Crippen molar-refractivity contribution in [3.8, 4) is 0 Å². The molecule has 6 heteroatoms. The summed E-state index contributed by atoms with van der Waals surface area (Å²) >= 11 is 0. The molecule has 0 aromatic heterocycles. The minimum Gasteiger partial charge on any atom is -0.481 e. The van der Waals surface area contributed by atoms with Crippen LogP contribution >= 0.6 is 0 Å². The first-order valence-corrected chi connectivity index (χ1v) is 9.10. The van der Waals surface area contributed by atoms with Gasteiger partial charge in [0.1, 0.15) is 0 Å². The summed E-state index contributed by atoms with van der Waals surface area (Å²) in [7, 11) is 0. The Morgan fingerprint density at radius 3 is 0.875 bits per heavy atom. The van der Waals surface area contributed by atoms with Gasteiger partial charge in [0.2, 0.25) is 0 Å². The second kappa shape index (κ2) is 11.0. The fraction of sp³-hybridized carbons (Fsp3) is 0.833. The highest BCUT2D eigenvalue weighted by molar-refractivity contribution is 5.71. The van der Waals surface area contributed by atoms with E-state index >= 15 is 0 Å². The molecule has 0 amide bonds. The summed E-state index contributed by atoms with van der Waals surface area (Å²) in [6, 6.07) is 0. The van der Waals surface area contributed by atoms with Crippen LogP contribution in [0.25, 0.3) is 0 Å². The van der Waals surface area contributed by atoms with Gasteiger partial charge in [0.15, 0.2) is 0 Å². The fourth-order valence-electron chi connectivity index (χ4n) is 3.18. The van der Waals surface area contributed by atoms with Crippen LogP contribution in [0.1, 0.15) is 77.0 Å². The monoisotopic (exact) mass is 342 g/mol. The van der Waals surface area contributed by atoms with Crippen LogP contribution in [0.4, 0.5) is 0 Å². The zero-order valence-corrected chi connectivity index (χ0v) is 14.3. The summed E-state index contributed by atoms with van der Waals surface area (Å²) in [4.78, 5) is 30.5. The predicted octanol–water partition coefficient (Wildman–Crippen LogP) is 3.78. The highest BCUT2D eigenvalue weighted by atomic mass is 16.4. The third-order valence-electron chi connectivity index (χ3n) is 5.11. The van der Waals surface area contributed by atoms with Crippen LogP contribution in [-0.2, 0) is 14.4 Å². The van der Waals surface area contributed by atoms with E-state index in [2.05, 4.69) is 0 Å². The topological polar surface area (TPSA) is 112 Å². The van der Waals surface area contributed by atoms with E-state index in [0.29, 0.717) is 0 Å². The highest BCUT2D eigenvalue weighted by Crippen LogP contribution is 2.26. The molecule has 3 saturated carbocycles. The van der Waals surface area contributed by atoms with E-state index in [-0.39, 0.29) is 17.8 Å². The van der Waals surface area contributed by atoms with Crippen molar-refractivity contribution >= 4 is 17.9 Å². The SMILES string of the molecule is O=C(O)C1CCC1.O=C(O)C1CCCC1.O=C(O)C1CCCCC1. The molecule has 0 atom stereocenters. The Bertz CT molecular complexity index is 404.